The molecule has 0 aliphatic carbocycles. The molecule has 4 nitrogen and oxygen atoms in total. The number of halogens is 1. The number of alkyl carbamates (subject to hydrolysis) is 1. The topological polar surface area (TPSA) is 50.4 Å². The number of benzene rings is 1. The standard InChI is InChI=1S/C17H27FN2O2/c1-6-14(20-16(21)22-17(3,4)5)11-19-10-13-7-8-15(18)12(2)9-13/h7-9,14,19H,6,10-11H2,1-5H3,(H,20,21). The molecular weight excluding hydrogens is 283 g/mol. The van der Waals surface area contributed by atoms with E-state index >= 15 is 0 Å². The summed E-state index contributed by atoms with van der Waals surface area (Å²) in [4.78, 5) is 11.7. The summed E-state index contributed by atoms with van der Waals surface area (Å²) in [6.07, 6.45) is 0.396. The maximum Gasteiger partial charge on any atom is 0.407 e. The third-order valence-electron chi connectivity index (χ3n) is 3.16. The van der Waals surface area contributed by atoms with Gasteiger partial charge in [0.1, 0.15) is 11.4 Å². The predicted octanol–water partition coefficient (Wildman–Crippen LogP) is 3.53. The fourth-order valence-electron chi connectivity index (χ4n) is 1.98. The minimum Gasteiger partial charge on any atom is -0.444 e. The Morgan fingerprint density at radius 1 is 1.36 bits per heavy atom. The van der Waals surface area contributed by atoms with Gasteiger partial charge in [-0.2, -0.15) is 0 Å². The van der Waals surface area contributed by atoms with Gasteiger partial charge >= 0.3 is 6.09 Å². The zero-order chi connectivity index (χ0) is 16.8. The fraction of sp³-hybridized carbons (Fsp3) is 0.588. The van der Waals surface area contributed by atoms with Crippen LogP contribution in [0, 0.1) is 12.7 Å². The van der Waals surface area contributed by atoms with Gasteiger partial charge in [-0.1, -0.05) is 19.1 Å². The number of carbonyl (C=O) groups is 1. The summed E-state index contributed by atoms with van der Waals surface area (Å²) in [6, 6.07) is 5.06. The average molecular weight is 310 g/mol. The third kappa shape index (κ3) is 6.89. The van der Waals surface area contributed by atoms with Crippen molar-refractivity contribution in [3.05, 3.63) is 35.1 Å². The molecule has 1 atom stereocenters. The Labute approximate surface area is 132 Å². The van der Waals surface area contributed by atoms with Crippen LogP contribution >= 0.6 is 0 Å². The number of carbonyl (C=O) groups excluding carboxylic acids is 1. The third-order valence-corrected chi connectivity index (χ3v) is 3.16. The monoisotopic (exact) mass is 310 g/mol. The molecule has 0 spiro atoms. The summed E-state index contributed by atoms with van der Waals surface area (Å²) in [5.74, 6) is -0.193. The Balaban J connectivity index is 2.40. The van der Waals surface area contributed by atoms with Gasteiger partial charge in [-0.3, -0.25) is 0 Å². The number of hydrogen-bond donors (Lipinski definition) is 2. The normalized spacial score (nSPS) is 12.8. The summed E-state index contributed by atoms with van der Waals surface area (Å²) >= 11 is 0. The molecule has 0 bridgehead atoms. The molecule has 1 rings (SSSR count). The van der Waals surface area contributed by atoms with Crippen molar-refractivity contribution < 1.29 is 13.9 Å². The molecular formula is C17H27FN2O2. The average Bonchev–Trinajstić information content (AvgIpc) is 2.39. The molecule has 1 aromatic carbocycles. The molecule has 0 saturated heterocycles. The SMILES string of the molecule is CCC(CNCc1ccc(F)c(C)c1)NC(=O)OC(C)(C)C. The zero-order valence-corrected chi connectivity index (χ0v) is 14.1. The van der Waals surface area contributed by atoms with Crippen molar-refractivity contribution in [2.24, 2.45) is 0 Å². The molecule has 0 radical (unpaired) electrons. The van der Waals surface area contributed by atoms with Crippen LogP contribution in [0.15, 0.2) is 18.2 Å². The van der Waals surface area contributed by atoms with Gasteiger partial charge in [0.25, 0.3) is 0 Å². The van der Waals surface area contributed by atoms with E-state index in [1.54, 1.807) is 13.0 Å². The van der Waals surface area contributed by atoms with Crippen molar-refractivity contribution in [3.8, 4) is 0 Å². The Hall–Kier alpha value is -1.62. The lowest BCUT2D eigenvalue weighted by Gasteiger charge is -2.23. The fourth-order valence-corrected chi connectivity index (χ4v) is 1.98. The first-order chi connectivity index (χ1) is 10.2. The number of rotatable bonds is 6. The Morgan fingerprint density at radius 2 is 2.05 bits per heavy atom. The van der Waals surface area contributed by atoms with E-state index in [2.05, 4.69) is 10.6 Å². The van der Waals surface area contributed by atoms with E-state index in [0.29, 0.717) is 18.7 Å². The highest BCUT2D eigenvalue weighted by Gasteiger charge is 2.18. The van der Waals surface area contributed by atoms with Crippen molar-refractivity contribution in [3.63, 3.8) is 0 Å². The zero-order valence-electron chi connectivity index (χ0n) is 14.1. The van der Waals surface area contributed by atoms with Crippen LogP contribution in [0.3, 0.4) is 0 Å². The number of ether oxygens (including phenoxy) is 1. The van der Waals surface area contributed by atoms with E-state index in [1.807, 2.05) is 33.8 Å². The molecule has 1 amide bonds. The summed E-state index contributed by atoms with van der Waals surface area (Å²) in [6.45, 7) is 10.5. The van der Waals surface area contributed by atoms with Crippen molar-refractivity contribution >= 4 is 6.09 Å². The van der Waals surface area contributed by atoms with Gasteiger partial charge in [-0.25, -0.2) is 9.18 Å². The molecule has 0 aliphatic heterocycles. The van der Waals surface area contributed by atoms with Gasteiger partial charge in [0, 0.05) is 19.1 Å². The number of amides is 1. The highest BCUT2D eigenvalue weighted by molar-refractivity contribution is 5.68. The van der Waals surface area contributed by atoms with Gasteiger partial charge in [-0.15, -0.1) is 0 Å². The van der Waals surface area contributed by atoms with Gasteiger partial charge in [0.15, 0.2) is 0 Å². The van der Waals surface area contributed by atoms with E-state index in [9.17, 15) is 9.18 Å². The van der Waals surface area contributed by atoms with Gasteiger partial charge in [0.2, 0.25) is 0 Å². The van der Waals surface area contributed by atoms with Crippen LogP contribution in [0.5, 0.6) is 0 Å². The predicted molar refractivity (Wildman–Crippen MR) is 86.3 cm³/mol. The van der Waals surface area contributed by atoms with Crippen molar-refractivity contribution in [1.82, 2.24) is 10.6 Å². The van der Waals surface area contributed by atoms with Crippen molar-refractivity contribution in [1.29, 1.82) is 0 Å². The first-order valence-corrected chi connectivity index (χ1v) is 7.66. The molecule has 22 heavy (non-hydrogen) atoms. The second-order valence-electron chi connectivity index (χ2n) is 6.47. The number of hydrogen-bond acceptors (Lipinski definition) is 3. The van der Waals surface area contributed by atoms with Crippen LogP contribution in [0.1, 0.15) is 45.2 Å². The van der Waals surface area contributed by atoms with Crippen LogP contribution in [-0.4, -0.2) is 24.3 Å². The van der Waals surface area contributed by atoms with Gasteiger partial charge < -0.3 is 15.4 Å². The van der Waals surface area contributed by atoms with Crippen molar-refractivity contribution in [2.75, 3.05) is 6.54 Å². The van der Waals surface area contributed by atoms with Gasteiger partial charge in [0.05, 0.1) is 0 Å². The largest absolute Gasteiger partial charge is 0.444 e. The number of nitrogens with one attached hydrogen (secondary N) is 2. The summed E-state index contributed by atoms with van der Waals surface area (Å²) < 4.78 is 18.4. The number of aryl methyl sites for hydroxylation is 1. The molecule has 1 aromatic rings. The van der Waals surface area contributed by atoms with Crippen LogP contribution in [0.4, 0.5) is 9.18 Å². The second kappa shape index (κ2) is 8.13. The highest BCUT2D eigenvalue weighted by atomic mass is 19.1. The van der Waals surface area contributed by atoms with E-state index in [4.69, 9.17) is 4.74 Å². The van der Waals surface area contributed by atoms with Crippen LogP contribution in [0.25, 0.3) is 0 Å². The molecule has 124 valence electrons. The Kier molecular flexibility index (Phi) is 6.81. The summed E-state index contributed by atoms with van der Waals surface area (Å²) in [5.41, 5.74) is 1.16. The van der Waals surface area contributed by atoms with E-state index in [-0.39, 0.29) is 11.9 Å². The molecule has 0 heterocycles. The Morgan fingerprint density at radius 3 is 2.59 bits per heavy atom. The molecule has 0 aromatic heterocycles. The maximum absolute atomic E-state index is 13.2. The first-order valence-electron chi connectivity index (χ1n) is 7.66. The van der Waals surface area contributed by atoms with E-state index in [1.165, 1.54) is 6.07 Å². The maximum atomic E-state index is 13.2. The molecule has 2 N–H and O–H groups in total. The Bertz CT molecular complexity index is 498. The van der Waals surface area contributed by atoms with E-state index in [0.717, 1.165) is 12.0 Å². The van der Waals surface area contributed by atoms with E-state index < -0.39 is 11.7 Å². The first kappa shape index (κ1) is 18.4. The second-order valence-corrected chi connectivity index (χ2v) is 6.47. The lowest BCUT2D eigenvalue weighted by Crippen LogP contribution is -2.43. The quantitative estimate of drug-likeness (QED) is 0.845. The van der Waals surface area contributed by atoms with Crippen LogP contribution < -0.4 is 10.6 Å². The molecule has 0 fully saturated rings. The smallest absolute Gasteiger partial charge is 0.407 e. The van der Waals surface area contributed by atoms with Crippen molar-refractivity contribution in [2.45, 2.75) is 59.2 Å². The minimum absolute atomic E-state index is 0.00334. The summed E-state index contributed by atoms with van der Waals surface area (Å²) in [5, 5.41) is 6.12. The highest BCUT2D eigenvalue weighted by Crippen LogP contribution is 2.09. The van der Waals surface area contributed by atoms with Crippen LogP contribution in [0.2, 0.25) is 0 Å². The lowest BCUT2D eigenvalue weighted by atomic mass is 10.1. The summed E-state index contributed by atoms with van der Waals surface area (Å²) in [7, 11) is 0. The van der Waals surface area contributed by atoms with Gasteiger partial charge in [-0.05, 0) is 51.3 Å². The molecule has 5 heteroatoms. The van der Waals surface area contributed by atoms with Crippen LogP contribution in [-0.2, 0) is 11.3 Å². The molecule has 0 aliphatic rings. The lowest BCUT2D eigenvalue weighted by molar-refractivity contribution is 0.0502. The molecule has 1 unspecified atom stereocenters. The molecule has 0 saturated carbocycles. The minimum atomic E-state index is -0.499.